The van der Waals surface area contributed by atoms with Crippen LogP contribution in [0.25, 0.3) is 0 Å². The topological polar surface area (TPSA) is 20.2 Å². The van der Waals surface area contributed by atoms with Crippen LogP contribution in [0.15, 0.2) is 18.2 Å². The quantitative estimate of drug-likeness (QED) is 0.810. The molecule has 0 amide bonds. The van der Waals surface area contributed by atoms with Crippen LogP contribution in [0.2, 0.25) is 0 Å². The Kier molecular flexibility index (Phi) is 4.48. The van der Waals surface area contributed by atoms with Crippen molar-refractivity contribution in [2.75, 3.05) is 0 Å². The summed E-state index contributed by atoms with van der Waals surface area (Å²) in [5.74, 6) is -0.226. The van der Waals surface area contributed by atoms with Gasteiger partial charge in [0.2, 0.25) is 0 Å². The van der Waals surface area contributed by atoms with Crippen LogP contribution in [-0.4, -0.2) is 10.7 Å². The molecule has 1 aromatic carbocycles. The van der Waals surface area contributed by atoms with Crippen molar-refractivity contribution in [1.82, 2.24) is 0 Å². The van der Waals surface area contributed by atoms with Gasteiger partial charge in [-0.2, -0.15) is 0 Å². The molecule has 1 N–H and O–H groups in total. The van der Waals surface area contributed by atoms with Gasteiger partial charge < -0.3 is 5.11 Å². The van der Waals surface area contributed by atoms with Crippen LogP contribution in [0, 0.1) is 12.7 Å². The predicted molar refractivity (Wildman–Crippen MR) is 65.0 cm³/mol. The summed E-state index contributed by atoms with van der Waals surface area (Å²) in [6.07, 6.45) is 2.95. The molecule has 0 radical (unpaired) electrons. The monoisotopic (exact) mass is 224 g/mol. The van der Waals surface area contributed by atoms with Crippen LogP contribution < -0.4 is 0 Å². The molecule has 1 nitrogen and oxygen atoms in total. The highest BCUT2D eigenvalue weighted by atomic mass is 19.1. The maximum absolute atomic E-state index is 13.1. The number of aliphatic hydroxyl groups is 1. The fourth-order valence-electron chi connectivity index (χ4n) is 2.04. The molecule has 0 saturated carbocycles. The third kappa shape index (κ3) is 3.31. The number of halogens is 1. The van der Waals surface area contributed by atoms with E-state index in [4.69, 9.17) is 0 Å². The first-order valence-corrected chi connectivity index (χ1v) is 5.98. The molecule has 1 atom stereocenters. The third-order valence-electron chi connectivity index (χ3n) is 3.20. The second-order valence-electron chi connectivity index (χ2n) is 4.58. The molecule has 1 aromatic rings. The predicted octanol–water partition coefficient (Wildman–Crippen LogP) is 3.62. The van der Waals surface area contributed by atoms with E-state index in [0.29, 0.717) is 12.8 Å². The molecule has 0 bridgehead atoms. The summed E-state index contributed by atoms with van der Waals surface area (Å²) < 4.78 is 13.1. The zero-order valence-corrected chi connectivity index (χ0v) is 10.4. The molecule has 0 saturated heterocycles. The summed E-state index contributed by atoms with van der Waals surface area (Å²) in [5.41, 5.74) is 1.27. The molecular weight excluding hydrogens is 203 g/mol. The largest absolute Gasteiger partial charge is 0.390 e. The Hall–Kier alpha value is -0.890. The summed E-state index contributed by atoms with van der Waals surface area (Å²) in [6.45, 7) is 5.99. The summed E-state index contributed by atoms with van der Waals surface area (Å²) in [4.78, 5) is 0. The summed E-state index contributed by atoms with van der Waals surface area (Å²) in [7, 11) is 0. The summed E-state index contributed by atoms with van der Waals surface area (Å²) in [5, 5.41) is 10.4. The zero-order valence-electron chi connectivity index (χ0n) is 10.4. The van der Waals surface area contributed by atoms with Crippen molar-refractivity contribution in [2.45, 2.75) is 52.1 Å². The molecule has 90 valence electrons. The molecule has 2 heteroatoms. The van der Waals surface area contributed by atoms with E-state index in [1.807, 2.05) is 13.8 Å². The number of rotatable bonds is 5. The van der Waals surface area contributed by atoms with Gasteiger partial charge in [-0.15, -0.1) is 0 Å². The van der Waals surface area contributed by atoms with Gasteiger partial charge in [0.1, 0.15) is 5.82 Å². The van der Waals surface area contributed by atoms with Crippen LogP contribution in [0.3, 0.4) is 0 Å². The molecule has 0 spiro atoms. The van der Waals surface area contributed by atoms with E-state index in [0.717, 1.165) is 24.0 Å². The number of hydrogen-bond donors (Lipinski definition) is 1. The van der Waals surface area contributed by atoms with E-state index in [1.165, 1.54) is 12.1 Å². The molecule has 16 heavy (non-hydrogen) atoms. The van der Waals surface area contributed by atoms with E-state index in [9.17, 15) is 9.50 Å². The molecule has 0 aromatic heterocycles. The van der Waals surface area contributed by atoms with Gasteiger partial charge in [-0.25, -0.2) is 4.39 Å². The number of benzene rings is 1. The molecule has 0 aliphatic heterocycles. The molecule has 0 aliphatic rings. The van der Waals surface area contributed by atoms with E-state index in [-0.39, 0.29) is 5.82 Å². The van der Waals surface area contributed by atoms with Gasteiger partial charge in [0, 0.05) is 6.42 Å². The molecular formula is C14H21FO. The SMILES string of the molecule is CCCC(O)(CC)Cc1cc(F)ccc1C. The van der Waals surface area contributed by atoms with Gasteiger partial charge >= 0.3 is 0 Å². The van der Waals surface area contributed by atoms with Crippen LogP contribution in [0.4, 0.5) is 4.39 Å². The van der Waals surface area contributed by atoms with E-state index in [1.54, 1.807) is 6.07 Å². The second kappa shape index (κ2) is 5.44. The van der Waals surface area contributed by atoms with E-state index < -0.39 is 5.60 Å². The van der Waals surface area contributed by atoms with E-state index in [2.05, 4.69) is 6.92 Å². The fourth-order valence-corrected chi connectivity index (χ4v) is 2.04. The van der Waals surface area contributed by atoms with Gasteiger partial charge in [-0.05, 0) is 43.0 Å². The zero-order chi connectivity index (χ0) is 12.2. The smallest absolute Gasteiger partial charge is 0.123 e. The van der Waals surface area contributed by atoms with Crippen LogP contribution in [0.5, 0.6) is 0 Å². The second-order valence-corrected chi connectivity index (χ2v) is 4.58. The van der Waals surface area contributed by atoms with E-state index >= 15 is 0 Å². The van der Waals surface area contributed by atoms with Gasteiger partial charge in [-0.3, -0.25) is 0 Å². The minimum absolute atomic E-state index is 0.226. The average molecular weight is 224 g/mol. The van der Waals surface area contributed by atoms with Crippen molar-refractivity contribution < 1.29 is 9.50 Å². The van der Waals surface area contributed by atoms with Crippen LogP contribution in [0.1, 0.15) is 44.2 Å². The number of aryl methyl sites for hydroxylation is 1. The highest BCUT2D eigenvalue weighted by Gasteiger charge is 2.24. The average Bonchev–Trinajstić information content (AvgIpc) is 2.24. The first-order valence-electron chi connectivity index (χ1n) is 5.98. The van der Waals surface area contributed by atoms with Gasteiger partial charge in [0.05, 0.1) is 5.60 Å². The van der Waals surface area contributed by atoms with Crippen molar-refractivity contribution in [1.29, 1.82) is 0 Å². The highest BCUT2D eigenvalue weighted by Crippen LogP contribution is 2.24. The van der Waals surface area contributed by atoms with Gasteiger partial charge in [0.15, 0.2) is 0 Å². The summed E-state index contributed by atoms with van der Waals surface area (Å²) >= 11 is 0. The minimum atomic E-state index is -0.687. The van der Waals surface area contributed by atoms with Crippen molar-refractivity contribution in [3.05, 3.63) is 35.1 Å². The molecule has 1 unspecified atom stereocenters. The molecule has 0 heterocycles. The fraction of sp³-hybridized carbons (Fsp3) is 0.571. The van der Waals surface area contributed by atoms with Crippen LogP contribution >= 0.6 is 0 Å². The van der Waals surface area contributed by atoms with Crippen molar-refractivity contribution in [2.24, 2.45) is 0 Å². The maximum atomic E-state index is 13.1. The standard InChI is InChI=1S/C14H21FO/c1-4-8-14(16,5-2)10-12-9-13(15)7-6-11(12)3/h6-7,9,16H,4-5,8,10H2,1-3H3. The first-order chi connectivity index (χ1) is 7.50. The third-order valence-corrected chi connectivity index (χ3v) is 3.20. The van der Waals surface area contributed by atoms with Gasteiger partial charge in [-0.1, -0.05) is 26.3 Å². The van der Waals surface area contributed by atoms with Crippen molar-refractivity contribution in [3.63, 3.8) is 0 Å². The Morgan fingerprint density at radius 3 is 2.56 bits per heavy atom. The summed E-state index contributed by atoms with van der Waals surface area (Å²) in [6, 6.07) is 4.77. The lowest BCUT2D eigenvalue weighted by molar-refractivity contribution is 0.0269. The van der Waals surface area contributed by atoms with Crippen molar-refractivity contribution in [3.8, 4) is 0 Å². The Morgan fingerprint density at radius 2 is 2.00 bits per heavy atom. The maximum Gasteiger partial charge on any atom is 0.123 e. The van der Waals surface area contributed by atoms with Crippen molar-refractivity contribution >= 4 is 0 Å². The Morgan fingerprint density at radius 1 is 1.31 bits per heavy atom. The van der Waals surface area contributed by atoms with Gasteiger partial charge in [0.25, 0.3) is 0 Å². The lowest BCUT2D eigenvalue weighted by atomic mass is 9.86. The Balaban J connectivity index is 2.89. The normalized spacial score (nSPS) is 14.8. The highest BCUT2D eigenvalue weighted by molar-refractivity contribution is 5.28. The lowest BCUT2D eigenvalue weighted by Crippen LogP contribution is -2.30. The number of hydrogen-bond acceptors (Lipinski definition) is 1. The minimum Gasteiger partial charge on any atom is -0.390 e. The lowest BCUT2D eigenvalue weighted by Gasteiger charge is -2.27. The first kappa shape index (κ1) is 13.2. The molecule has 0 fully saturated rings. The Labute approximate surface area is 97.3 Å². The molecule has 1 rings (SSSR count). The molecule has 0 aliphatic carbocycles. The Bertz CT molecular complexity index is 349. The van der Waals surface area contributed by atoms with Crippen LogP contribution in [-0.2, 0) is 6.42 Å².